The molecule has 0 aliphatic heterocycles. The van der Waals surface area contributed by atoms with Gasteiger partial charge >= 0.3 is 0 Å². The van der Waals surface area contributed by atoms with Crippen molar-refractivity contribution in [1.29, 1.82) is 0 Å². The van der Waals surface area contributed by atoms with Crippen molar-refractivity contribution >= 4 is 5.91 Å². The minimum Gasteiger partial charge on any atom is -0.379 e. The van der Waals surface area contributed by atoms with Crippen LogP contribution in [0.4, 0.5) is 0 Å². The average molecular weight is 280 g/mol. The molecule has 1 aromatic rings. The molecule has 1 aliphatic carbocycles. The Morgan fingerprint density at radius 3 is 2.95 bits per heavy atom. The summed E-state index contributed by atoms with van der Waals surface area (Å²) in [7, 11) is 5.44. The first-order valence-electron chi connectivity index (χ1n) is 7.10. The van der Waals surface area contributed by atoms with Crippen molar-refractivity contribution in [2.75, 3.05) is 33.9 Å². The Bertz CT molecular complexity index is 442. The van der Waals surface area contributed by atoms with Crippen molar-refractivity contribution in [2.24, 2.45) is 13.0 Å². The molecule has 1 aliphatic rings. The van der Waals surface area contributed by atoms with Crippen molar-refractivity contribution in [3.63, 3.8) is 0 Å². The van der Waals surface area contributed by atoms with E-state index in [2.05, 4.69) is 10.4 Å². The van der Waals surface area contributed by atoms with Crippen LogP contribution < -0.4 is 5.32 Å². The summed E-state index contributed by atoms with van der Waals surface area (Å²) >= 11 is 0. The standard InChI is InChI=1S/C14H24N4O2/c1-15-13(12-8-16-18(3)9-12)14(19)17(2)6-7-20-10-11-4-5-11/h8-9,11,13,15H,4-7,10H2,1-3H3. The number of aryl methyl sites for hydroxylation is 1. The Balaban J connectivity index is 1.80. The molecule has 0 radical (unpaired) electrons. The Morgan fingerprint density at radius 2 is 2.40 bits per heavy atom. The number of hydrogen-bond acceptors (Lipinski definition) is 4. The largest absolute Gasteiger partial charge is 0.379 e. The number of nitrogens with one attached hydrogen (secondary N) is 1. The van der Waals surface area contributed by atoms with Crippen LogP contribution in [0.2, 0.25) is 0 Å². The van der Waals surface area contributed by atoms with E-state index < -0.39 is 0 Å². The van der Waals surface area contributed by atoms with Gasteiger partial charge in [-0.25, -0.2) is 0 Å². The number of carbonyl (C=O) groups is 1. The lowest BCUT2D eigenvalue weighted by molar-refractivity contribution is -0.132. The van der Waals surface area contributed by atoms with Crippen molar-refractivity contribution < 1.29 is 9.53 Å². The molecule has 1 amide bonds. The van der Waals surface area contributed by atoms with Gasteiger partial charge in [0.15, 0.2) is 0 Å². The van der Waals surface area contributed by atoms with Crippen LogP contribution in [0.15, 0.2) is 12.4 Å². The van der Waals surface area contributed by atoms with Crippen LogP contribution in [-0.2, 0) is 16.6 Å². The molecule has 6 heteroatoms. The second-order valence-electron chi connectivity index (χ2n) is 5.45. The molecule has 1 atom stereocenters. The summed E-state index contributed by atoms with van der Waals surface area (Å²) in [5, 5.41) is 7.16. The molecular formula is C14H24N4O2. The summed E-state index contributed by atoms with van der Waals surface area (Å²) < 4.78 is 7.27. The highest BCUT2D eigenvalue weighted by molar-refractivity contribution is 5.82. The predicted molar refractivity (Wildman–Crippen MR) is 76.2 cm³/mol. The normalized spacial score (nSPS) is 16.1. The van der Waals surface area contributed by atoms with E-state index in [1.807, 2.05) is 20.3 Å². The van der Waals surface area contributed by atoms with E-state index >= 15 is 0 Å². The smallest absolute Gasteiger partial charge is 0.244 e. The number of nitrogens with zero attached hydrogens (tertiary/aromatic N) is 3. The zero-order valence-electron chi connectivity index (χ0n) is 12.5. The highest BCUT2D eigenvalue weighted by Crippen LogP contribution is 2.28. The molecule has 2 rings (SSSR count). The van der Waals surface area contributed by atoms with Crippen LogP contribution >= 0.6 is 0 Å². The topological polar surface area (TPSA) is 59.4 Å². The third-order valence-corrected chi connectivity index (χ3v) is 3.59. The van der Waals surface area contributed by atoms with Gasteiger partial charge in [0.1, 0.15) is 6.04 Å². The van der Waals surface area contributed by atoms with E-state index in [4.69, 9.17) is 4.74 Å². The van der Waals surface area contributed by atoms with Crippen LogP contribution in [0.25, 0.3) is 0 Å². The number of amides is 1. The molecule has 1 unspecified atom stereocenters. The number of aromatic nitrogens is 2. The van der Waals surface area contributed by atoms with Crippen LogP contribution in [-0.4, -0.2) is 54.4 Å². The Morgan fingerprint density at radius 1 is 1.65 bits per heavy atom. The first-order chi connectivity index (χ1) is 9.61. The fourth-order valence-corrected chi connectivity index (χ4v) is 2.09. The van der Waals surface area contributed by atoms with Gasteiger partial charge in [-0.1, -0.05) is 0 Å². The highest BCUT2D eigenvalue weighted by atomic mass is 16.5. The minimum absolute atomic E-state index is 0.0375. The molecule has 0 bridgehead atoms. The monoisotopic (exact) mass is 280 g/mol. The SMILES string of the molecule is CNC(C(=O)N(C)CCOCC1CC1)c1cnn(C)c1. The zero-order valence-corrected chi connectivity index (χ0v) is 12.5. The fourth-order valence-electron chi connectivity index (χ4n) is 2.09. The van der Waals surface area contributed by atoms with Gasteiger partial charge in [0.2, 0.25) is 5.91 Å². The number of ether oxygens (including phenoxy) is 1. The van der Waals surface area contributed by atoms with Gasteiger partial charge < -0.3 is 15.0 Å². The maximum atomic E-state index is 12.4. The molecule has 1 fully saturated rings. The summed E-state index contributed by atoms with van der Waals surface area (Å²) in [5.74, 6) is 0.798. The lowest BCUT2D eigenvalue weighted by Gasteiger charge is -2.22. The Labute approximate surface area is 120 Å². The molecule has 0 aromatic carbocycles. The van der Waals surface area contributed by atoms with Crippen LogP contribution in [0.5, 0.6) is 0 Å². The van der Waals surface area contributed by atoms with Crippen molar-refractivity contribution in [1.82, 2.24) is 20.0 Å². The zero-order chi connectivity index (χ0) is 14.5. The molecule has 1 N–H and O–H groups in total. The van der Waals surface area contributed by atoms with E-state index in [0.29, 0.717) is 13.2 Å². The van der Waals surface area contributed by atoms with Crippen LogP contribution in [0.1, 0.15) is 24.4 Å². The van der Waals surface area contributed by atoms with E-state index in [1.54, 1.807) is 22.8 Å². The van der Waals surface area contributed by atoms with Crippen molar-refractivity contribution in [2.45, 2.75) is 18.9 Å². The second kappa shape index (κ2) is 6.85. The number of likely N-dealkylation sites (N-methyl/N-ethyl adjacent to an activating group) is 2. The lowest BCUT2D eigenvalue weighted by Crippen LogP contribution is -2.39. The number of carbonyl (C=O) groups excluding carboxylic acids is 1. The van der Waals surface area contributed by atoms with Gasteiger partial charge in [-0.3, -0.25) is 9.48 Å². The van der Waals surface area contributed by atoms with Gasteiger partial charge in [0.25, 0.3) is 0 Å². The van der Waals surface area contributed by atoms with Gasteiger partial charge in [0.05, 0.1) is 12.8 Å². The summed E-state index contributed by atoms with van der Waals surface area (Å²) in [6, 6.07) is -0.350. The van der Waals surface area contributed by atoms with Gasteiger partial charge in [-0.05, 0) is 25.8 Å². The Hall–Kier alpha value is -1.40. The van der Waals surface area contributed by atoms with Crippen LogP contribution in [0, 0.1) is 5.92 Å². The van der Waals surface area contributed by atoms with Crippen molar-refractivity contribution in [3.05, 3.63) is 18.0 Å². The molecule has 20 heavy (non-hydrogen) atoms. The predicted octanol–water partition coefficient (Wildman–Crippen LogP) is 0.566. The quantitative estimate of drug-likeness (QED) is 0.707. The third-order valence-electron chi connectivity index (χ3n) is 3.59. The summed E-state index contributed by atoms with van der Waals surface area (Å²) in [4.78, 5) is 14.1. The van der Waals surface area contributed by atoms with E-state index in [9.17, 15) is 4.79 Å². The molecule has 0 spiro atoms. The van der Waals surface area contributed by atoms with Gasteiger partial charge in [-0.2, -0.15) is 5.10 Å². The van der Waals surface area contributed by atoms with Gasteiger partial charge in [0, 0.05) is 39.0 Å². The summed E-state index contributed by atoms with van der Waals surface area (Å²) in [6.07, 6.45) is 6.15. The minimum atomic E-state index is -0.350. The molecular weight excluding hydrogens is 256 g/mol. The van der Waals surface area contributed by atoms with Crippen molar-refractivity contribution in [3.8, 4) is 0 Å². The Kier molecular flexibility index (Phi) is 5.14. The molecule has 1 saturated carbocycles. The number of rotatable bonds is 8. The van der Waals surface area contributed by atoms with Crippen LogP contribution in [0.3, 0.4) is 0 Å². The van der Waals surface area contributed by atoms with E-state index in [-0.39, 0.29) is 11.9 Å². The highest BCUT2D eigenvalue weighted by Gasteiger charge is 2.24. The first kappa shape index (κ1) is 15.0. The molecule has 1 heterocycles. The average Bonchev–Trinajstić information content (AvgIpc) is 3.17. The summed E-state index contributed by atoms with van der Waals surface area (Å²) in [6.45, 7) is 2.05. The lowest BCUT2D eigenvalue weighted by atomic mass is 10.1. The molecule has 1 aromatic heterocycles. The molecule has 0 saturated heterocycles. The fraction of sp³-hybridized carbons (Fsp3) is 0.714. The van der Waals surface area contributed by atoms with E-state index in [0.717, 1.165) is 18.1 Å². The maximum Gasteiger partial charge on any atom is 0.244 e. The second-order valence-corrected chi connectivity index (χ2v) is 5.45. The first-order valence-corrected chi connectivity index (χ1v) is 7.10. The number of hydrogen-bond donors (Lipinski definition) is 1. The molecule has 6 nitrogen and oxygen atoms in total. The summed E-state index contributed by atoms with van der Waals surface area (Å²) in [5.41, 5.74) is 0.880. The maximum absolute atomic E-state index is 12.4. The van der Waals surface area contributed by atoms with E-state index in [1.165, 1.54) is 12.8 Å². The molecule has 112 valence electrons. The van der Waals surface area contributed by atoms with Gasteiger partial charge in [-0.15, -0.1) is 0 Å². The third kappa shape index (κ3) is 4.05.